The molecule has 1 heterocycles. The van der Waals surface area contributed by atoms with Crippen LogP contribution in [-0.2, 0) is 11.8 Å². The molecule has 110 valence electrons. The molecule has 0 fully saturated rings. The molecule has 0 atom stereocenters. The highest BCUT2D eigenvalue weighted by Gasteiger charge is 2.21. The van der Waals surface area contributed by atoms with Crippen molar-refractivity contribution >= 4 is 11.9 Å². The number of nitrogens with zero attached hydrogens (tertiary/aromatic N) is 1. The number of carboxylic acid groups (broad SMARTS) is 1. The van der Waals surface area contributed by atoms with E-state index in [2.05, 4.69) is 4.74 Å². The van der Waals surface area contributed by atoms with E-state index < -0.39 is 17.8 Å². The van der Waals surface area contributed by atoms with E-state index >= 15 is 0 Å². The van der Waals surface area contributed by atoms with Crippen molar-refractivity contribution < 1.29 is 23.8 Å². The predicted octanol–water partition coefficient (Wildman–Crippen LogP) is 2.62. The number of carboxylic acids is 1. The summed E-state index contributed by atoms with van der Waals surface area (Å²) in [4.78, 5) is 23.0. The topological polar surface area (TPSA) is 68.5 Å². The van der Waals surface area contributed by atoms with E-state index in [0.29, 0.717) is 17.0 Å². The zero-order valence-corrected chi connectivity index (χ0v) is 11.8. The number of aromatic carboxylic acids is 1. The van der Waals surface area contributed by atoms with E-state index in [4.69, 9.17) is 0 Å². The fourth-order valence-electron chi connectivity index (χ4n) is 2.19. The Kier molecular flexibility index (Phi) is 3.80. The Morgan fingerprint density at radius 3 is 2.48 bits per heavy atom. The summed E-state index contributed by atoms with van der Waals surface area (Å²) >= 11 is 0. The predicted molar refractivity (Wildman–Crippen MR) is 73.8 cm³/mol. The number of carbonyl (C=O) groups excluding carboxylic acids is 1. The van der Waals surface area contributed by atoms with Crippen molar-refractivity contribution in [2.24, 2.45) is 7.05 Å². The van der Waals surface area contributed by atoms with Gasteiger partial charge in [0, 0.05) is 24.0 Å². The Labute approximate surface area is 120 Å². The summed E-state index contributed by atoms with van der Waals surface area (Å²) in [7, 11) is 2.94. The third-order valence-electron chi connectivity index (χ3n) is 3.43. The van der Waals surface area contributed by atoms with Crippen molar-refractivity contribution in [3.63, 3.8) is 0 Å². The van der Waals surface area contributed by atoms with Gasteiger partial charge in [0.05, 0.1) is 18.2 Å². The number of hydrogen-bond acceptors (Lipinski definition) is 3. The van der Waals surface area contributed by atoms with E-state index in [1.165, 1.54) is 19.2 Å². The number of methoxy groups -OCH3 is 1. The van der Waals surface area contributed by atoms with E-state index in [9.17, 15) is 19.1 Å². The summed E-state index contributed by atoms with van der Waals surface area (Å²) in [5.74, 6) is -2.24. The van der Waals surface area contributed by atoms with Gasteiger partial charge in [-0.05, 0) is 31.2 Å². The molecule has 0 radical (unpaired) electrons. The molecule has 5 nitrogen and oxygen atoms in total. The monoisotopic (exact) mass is 291 g/mol. The molecule has 1 aromatic heterocycles. The van der Waals surface area contributed by atoms with Crippen LogP contribution < -0.4 is 0 Å². The quantitative estimate of drug-likeness (QED) is 0.883. The zero-order valence-electron chi connectivity index (χ0n) is 11.8. The minimum absolute atomic E-state index is 0.0339. The van der Waals surface area contributed by atoms with Gasteiger partial charge in [-0.15, -0.1) is 0 Å². The molecule has 2 aromatic rings. The molecule has 21 heavy (non-hydrogen) atoms. The van der Waals surface area contributed by atoms with Crippen molar-refractivity contribution in [1.29, 1.82) is 0 Å². The summed E-state index contributed by atoms with van der Waals surface area (Å²) in [5, 5.41) is 9.22. The molecule has 0 saturated carbocycles. The number of halogens is 1. The fourth-order valence-corrected chi connectivity index (χ4v) is 2.19. The van der Waals surface area contributed by atoms with E-state index in [0.717, 1.165) is 12.1 Å². The second kappa shape index (κ2) is 5.40. The van der Waals surface area contributed by atoms with Crippen molar-refractivity contribution in [3.8, 4) is 11.3 Å². The van der Waals surface area contributed by atoms with Gasteiger partial charge in [-0.2, -0.15) is 0 Å². The van der Waals surface area contributed by atoms with Crippen LogP contribution in [0.2, 0.25) is 0 Å². The summed E-state index contributed by atoms with van der Waals surface area (Å²) in [6.45, 7) is 1.70. The van der Waals surface area contributed by atoms with Crippen molar-refractivity contribution in [1.82, 2.24) is 4.57 Å². The number of benzene rings is 1. The molecule has 2 rings (SSSR count). The third kappa shape index (κ3) is 2.52. The normalized spacial score (nSPS) is 10.5. The van der Waals surface area contributed by atoms with Crippen LogP contribution in [-0.4, -0.2) is 28.7 Å². The van der Waals surface area contributed by atoms with Crippen LogP contribution in [0, 0.1) is 12.7 Å². The summed E-state index contributed by atoms with van der Waals surface area (Å²) in [6.07, 6.45) is 0. The molecule has 0 spiro atoms. The van der Waals surface area contributed by atoms with Gasteiger partial charge in [0.2, 0.25) is 0 Å². The van der Waals surface area contributed by atoms with E-state index in [1.807, 2.05) is 0 Å². The first-order chi connectivity index (χ1) is 9.86. The van der Waals surface area contributed by atoms with E-state index in [-0.39, 0.29) is 11.1 Å². The maximum Gasteiger partial charge on any atom is 0.339 e. The number of esters is 1. The Morgan fingerprint density at radius 2 is 1.90 bits per heavy atom. The smallest absolute Gasteiger partial charge is 0.339 e. The minimum Gasteiger partial charge on any atom is -0.478 e. The highest BCUT2D eigenvalue weighted by molar-refractivity contribution is 5.98. The highest BCUT2D eigenvalue weighted by Crippen LogP contribution is 2.29. The van der Waals surface area contributed by atoms with Gasteiger partial charge in [-0.3, -0.25) is 0 Å². The van der Waals surface area contributed by atoms with Crippen LogP contribution in [0.25, 0.3) is 11.3 Å². The Bertz CT molecular complexity index is 734. The standard InChI is InChI=1S/C15H14FNO4/c1-8-11(15(20)21-3)7-13(17(8)2)12-6-9(16)4-5-10(12)14(18)19/h4-7H,1-3H3,(H,18,19). The number of ether oxygens (including phenoxy) is 1. The molecule has 0 bridgehead atoms. The van der Waals surface area contributed by atoms with Crippen molar-refractivity contribution in [2.45, 2.75) is 6.92 Å². The second-order valence-electron chi connectivity index (χ2n) is 4.57. The molecular formula is C15H14FNO4. The molecule has 1 N–H and O–H groups in total. The van der Waals surface area contributed by atoms with E-state index in [1.54, 1.807) is 18.5 Å². The SMILES string of the molecule is COC(=O)c1cc(-c2cc(F)ccc2C(=O)O)n(C)c1C. The molecule has 0 aliphatic heterocycles. The largest absolute Gasteiger partial charge is 0.478 e. The average Bonchev–Trinajstić information content (AvgIpc) is 2.74. The van der Waals surface area contributed by atoms with Crippen LogP contribution in [0.1, 0.15) is 26.4 Å². The summed E-state index contributed by atoms with van der Waals surface area (Å²) in [5.41, 5.74) is 1.54. The molecule has 1 aromatic carbocycles. The fraction of sp³-hybridized carbons (Fsp3) is 0.200. The van der Waals surface area contributed by atoms with Gasteiger partial charge < -0.3 is 14.4 Å². The highest BCUT2D eigenvalue weighted by atomic mass is 19.1. The number of aromatic nitrogens is 1. The van der Waals surface area contributed by atoms with Crippen LogP contribution in [0.5, 0.6) is 0 Å². The Hall–Kier alpha value is -2.63. The van der Waals surface area contributed by atoms with Gasteiger partial charge in [0.25, 0.3) is 0 Å². The van der Waals surface area contributed by atoms with Crippen LogP contribution in [0.4, 0.5) is 4.39 Å². The number of carbonyl (C=O) groups is 2. The lowest BCUT2D eigenvalue weighted by Gasteiger charge is -2.08. The van der Waals surface area contributed by atoms with Gasteiger partial charge in [-0.1, -0.05) is 0 Å². The maximum absolute atomic E-state index is 13.5. The summed E-state index contributed by atoms with van der Waals surface area (Å²) in [6, 6.07) is 4.93. The van der Waals surface area contributed by atoms with Gasteiger partial charge in [-0.25, -0.2) is 14.0 Å². The van der Waals surface area contributed by atoms with Gasteiger partial charge in [0.1, 0.15) is 5.82 Å². The lowest BCUT2D eigenvalue weighted by atomic mass is 10.0. The molecule has 0 aliphatic carbocycles. The number of hydrogen-bond donors (Lipinski definition) is 1. The molecule has 0 amide bonds. The molecular weight excluding hydrogens is 277 g/mol. The first-order valence-electron chi connectivity index (χ1n) is 6.14. The van der Waals surface area contributed by atoms with Crippen molar-refractivity contribution in [3.05, 3.63) is 46.9 Å². The Morgan fingerprint density at radius 1 is 1.24 bits per heavy atom. The number of rotatable bonds is 3. The first-order valence-corrected chi connectivity index (χ1v) is 6.14. The second-order valence-corrected chi connectivity index (χ2v) is 4.57. The summed E-state index contributed by atoms with van der Waals surface area (Å²) < 4.78 is 19.8. The van der Waals surface area contributed by atoms with Gasteiger partial charge in [0.15, 0.2) is 0 Å². The molecule has 0 unspecified atom stereocenters. The third-order valence-corrected chi connectivity index (χ3v) is 3.43. The van der Waals surface area contributed by atoms with Crippen LogP contribution >= 0.6 is 0 Å². The van der Waals surface area contributed by atoms with Crippen LogP contribution in [0.15, 0.2) is 24.3 Å². The zero-order chi connectivity index (χ0) is 15.7. The molecule has 0 saturated heterocycles. The minimum atomic E-state index is -1.16. The molecule has 0 aliphatic rings. The lowest BCUT2D eigenvalue weighted by molar-refractivity contribution is 0.0599. The Balaban J connectivity index is 2.71. The van der Waals surface area contributed by atoms with Gasteiger partial charge >= 0.3 is 11.9 Å². The van der Waals surface area contributed by atoms with Crippen LogP contribution in [0.3, 0.4) is 0 Å². The molecule has 6 heteroatoms. The lowest BCUT2D eigenvalue weighted by Crippen LogP contribution is -2.04. The average molecular weight is 291 g/mol. The van der Waals surface area contributed by atoms with Crippen molar-refractivity contribution in [2.75, 3.05) is 7.11 Å². The maximum atomic E-state index is 13.5. The first kappa shape index (κ1) is 14.8.